The third-order valence-electron chi connectivity index (χ3n) is 11.7. The SMILES string of the molecule is CCCCCCOc1cc(/C=C/c2cc(O)c(C3=C(O)C(c4c(O)cc(/C=C/c5cc(OCCCCCC)cc(OCCCCCC)c5)cc4O)C3=O)c(O)c2)cc(OCCCCCC)c1. The molecule has 0 aliphatic heterocycles. The number of phenols is 4. The van der Waals surface area contributed by atoms with Crippen molar-refractivity contribution in [1.29, 1.82) is 0 Å². The average Bonchev–Trinajstić information content (AvgIpc) is 3.29. The molecule has 4 aromatic carbocycles. The van der Waals surface area contributed by atoms with Crippen molar-refractivity contribution in [2.24, 2.45) is 0 Å². The topological polar surface area (TPSA) is 155 Å². The first-order valence-electron chi connectivity index (χ1n) is 24.3. The number of aliphatic hydroxyl groups is 1. The van der Waals surface area contributed by atoms with Gasteiger partial charge in [0.1, 0.15) is 57.7 Å². The molecule has 0 bridgehead atoms. The number of ketones is 1. The summed E-state index contributed by atoms with van der Waals surface area (Å²) in [5.74, 6) is -1.46. The number of aliphatic hydroxyl groups excluding tert-OH is 1. The second-order valence-electron chi connectivity index (χ2n) is 17.2. The maximum Gasteiger partial charge on any atom is 0.182 e. The zero-order valence-electron chi connectivity index (χ0n) is 39.6. The molecule has 0 radical (unpaired) electrons. The number of unbranched alkanes of at least 4 members (excludes halogenated alkanes) is 12. The fraction of sp³-hybridized carbons (Fsp3) is 0.446. The Hall–Kier alpha value is -6.03. The Bertz CT molecular complexity index is 2160. The lowest BCUT2D eigenvalue weighted by atomic mass is 9.73. The summed E-state index contributed by atoms with van der Waals surface area (Å²) in [6, 6.07) is 17.0. The van der Waals surface area contributed by atoms with Crippen molar-refractivity contribution in [1.82, 2.24) is 0 Å². The molecule has 10 nitrogen and oxygen atoms in total. The van der Waals surface area contributed by atoms with Gasteiger partial charge in [-0.15, -0.1) is 0 Å². The summed E-state index contributed by atoms with van der Waals surface area (Å²) in [6.07, 6.45) is 24.5. The van der Waals surface area contributed by atoms with E-state index in [1.807, 2.05) is 48.6 Å². The van der Waals surface area contributed by atoms with Crippen LogP contribution in [0, 0.1) is 0 Å². The molecule has 1 unspecified atom stereocenters. The molecule has 66 heavy (non-hydrogen) atoms. The van der Waals surface area contributed by atoms with E-state index >= 15 is 0 Å². The molecule has 1 aliphatic rings. The van der Waals surface area contributed by atoms with Crippen LogP contribution >= 0.6 is 0 Å². The molecule has 356 valence electrons. The Morgan fingerprint density at radius 3 is 1.02 bits per heavy atom. The number of aromatic hydroxyl groups is 4. The molecule has 0 amide bonds. The zero-order valence-corrected chi connectivity index (χ0v) is 39.6. The molecular weight excluding hydrogens is 833 g/mol. The Labute approximate surface area is 392 Å². The lowest BCUT2D eigenvalue weighted by molar-refractivity contribution is -0.116. The van der Waals surface area contributed by atoms with E-state index in [1.165, 1.54) is 24.3 Å². The minimum atomic E-state index is -1.40. The number of benzene rings is 4. The molecular formula is C56H72O10. The Morgan fingerprint density at radius 1 is 0.409 bits per heavy atom. The number of hydrogen-bond acceptors (Lipinski definition) is 10. The molecule has 1 atom stereocenters. The summed E-state index contributed by atoms with van der Waals surface area (Å²) in [7, 11) is 0. The van der Waals surface area contributed by atoms with Gasteiger partial charge in [0.15, 0.2) is 5.78 Å². The van der Waals surface area contributed by atoms with Gasteiger partial charge >= 0.3 is 0 Å². The van der Waals surface area contributed by atoms with E-state index in [9.17, 15) is 30.3 Å². The van der Waals surface area contributed by atoms with E-state index in [2.05, 4.69) is 27.7 Å². The van der Waals surface area contributed by atoms with Gasteiger partial charge in [0.05, 0.1) is 43.1 Å². The first-order valence-corrected chi connectivity index (χ1v) is 24.3. The summed E-state index contributed by atoms with van der Waals surface area (Å²) in [5.41, 5.74) is 1.77. The quantitative estimate of drug-likeness (QED) is 0.0252. The van der Waals surface area contributed by atoms with Crippen LogP contribution < -0.4 is 18.9 Å². The maximum absolute atomic E-state index is 13.7. The van der Waals surface area contributed by atoms with Gasteiger partial charge in [-0.2, -0.15) is 0 Å². The molecule has 0 spiro atoms. The number of rotatable bonds is 30. The minimum Gasteiger partial charge on any atom is -0.510 e. The van der Waals surface area contributed by atoms with Crippen molar-refractivity contribution < 1.29 is 49.3 Å². The highest BCUT2D eigenvalue weighted by atomic mass is 16.5. The van der Waals surface area contributed by atoms with E-state index in [-0.39, 0.29) is 16.7 Å². The second kappa shape index (κ2) is 26.8. The van der Waals surface area contributed by atoms with Gasteiger partial charge in [0.25, 0.3) is 0 Å². The van der Waals surface area contributed by atoms with Gasteiger partial charge in [-0.25, -0.2) is 0 Å². The summed E-state index contributed by atoms with van der Waals surface area (Å²) < 4.78 is 24.3. The van der Waals surface area contributed by atoms with Crippen LogP contribution in [0.5, 0.6) is 46.0 Å². The normalized spacial score (nSPS) is 13.8. The van der Waals surface area contributed by atoms with Crippen molar-refractivity contribution in [3.8, 4) is 46.0 Å². The van der Waals surface area contributed by atoms with Crippen LogP contribution in [0.2, 0.25) is 0 Å². The van der Waals surface area contributed by atoms with Gasteiger partial charge in [0.2, 0.25) is 0 Å². The molecule has 1 aliphatic carbocycles. The molecule has 5 rings (SSSR count). The minimum absolute atomic E-state index is 0.175. The van der Waals surface area contributed by atoms with Crippen molar-refractivity contribution in [3.63, 3.8) is 0 Å². The number of carbonyl (C=O) groups excluding carboxylic acids is 1. The van der Waals surface area contributed by atoms with Crippen LogP contribution in [0.25, 0.3) is 29.9 Å². The largest absolute Gasteiger partial charge is 0.510 e. The first-order chi connectivity index (χ1) is 32.1. The molecule has 0 saturated heterocycles. The summed E-state index contributed by atoms with van der Waals surface area (Å²) in [6.45, 7) is 11.1. The lowest BCUT2D eigenvalue weighted by Gasteiger charge is -2.30. The van der Waals surface area contributed by atoms with Gasteiger partial charge in [-0.3, -0.25) is 4.79 Å². The second-order valence-corrected chi connectivity index (χ2v) is 17.2. The Morgan fingerprint density at radius 2 is 0.712 bits per heavy atom. The van der Waals surface area contributed by atoms with Gasteiger partial charge in [-0.05, 0) is 96.5 Å². The van der Waals surface area contributed by atoms with Gasteiger partial charge in [0, 0.05) is 12.1 Å². The smallest absolute Gasteiger partial charge is 0.182 e. The fourth-order valence-corrected chi connectivity index (χ4v) is 7.98. The molecule has 4 aromatic rings. The standard InChI is InChI=1S/C56H72O10/c1-5-9-13-17-25-63-43-29-39(30-44(37-43)64-26-18-14-10-6-2)21-23-41-33-47(57)51(48(58)34-41)53-55(61)54(56(53)62)52-49(59)35-42(36-50(52)60)24-22-40-31-45(65-27-19-15-11-7-3)38-46(32-40)66-28-20-16-12-8-4/h21-24,29-38,53,57-61H,5-20,25-28H2,1-4H3/b23-21+,24-22+. The molecule has 5 N–H and O–H groups in total. The van der Waals surface area contributed by atoms with Crippen LogP contribution in [0.3, 0.4) is 0 Å². The highest BCUT2D eigenvalue weighted by Crippen LogP contribution is 2.52. The van der Waals surface area contributed by atoms with Crippen LogP contribution in [-0.2, 0) is 4.79 Å². The number of hydrogen-bond donors (Lipinski definition) is 5. The molecule has 0 aromatic heterocycles. The Kier molecular flexibility index (Phi) is 20.7. The number of Topliss-reactive ketones (excluding diaryl/α,β-unsaturated/α-hetero) is 1. The van der Waals surface area contributed by atoms with E-state index in [0.717, 1.165) is 114 Å². The zero-order chi connectivity index (χ0) is 47.3. The van der Waals surface area contributed by atoms with E-state index < -0.39 is 40.5 Å². The summed E-state index contributed by atoms with van der Waals surface area (Å²) >= 11 is 0. The van der Waals surface area contributed by atoms with E-state index in [1.54, 1.807) is 12.2 Å². The molecule has 10 heteroatoms. The van der Waals surface area contributed by atoms with Crippen molar-refractivity contribution >= 4 is 35.7 Å². The number of carbonyl (C=O) groups is 1. The fourth-order valence-electron chi connectivity index (χ4n) is 7.98. The predicted octanol–water partition coefficient (Wildman–Crippen LogP) is 14.3. The van der Waals surface area contributed by atoms with Gasteiger partial charge in [-0.1, -0.05) is 129 Å². The van der Waals surface area contributed by atoms with E-state index in [0.29, 0.717) is 60.6 Å². The third-order valence-corrected chi connectivity index (χ3v) is 11.7. The summed E-state index contributed by atoms with van der Waals surface area (Å²) in [4.78, 5) is 13.7. The van der Waals surface area contributed by atoms with E-state index in [4.69, 9.17) is 18.9 Å². The van der Waals surface area contributed by atoms with Crippen LogP contribution in [0.15, 0.2) is 66.4 Å². The maximum atomic E-state index is 13.7. The molecule has 0 heterocycles. The molecule has 0 fully saturated rings. The van der Waals surface area contributed by atoms with Gasteiger partial charge < -0.3 is 44.5 Å². The number of allylic oxidation sites excluding steroid dienone is 2. The van der Waals surface area contributed by atoms with Crippen molar-refractivity contribution in [2.45, 2.75) is 136 Å². The average molecular weight is 905 g/mol. The highest BCUT2D eigenvalue weighted by molar-refractivity contribution is 6.33. The summed E-state index contributed by atoms with van der Waals surface area (Å²) in [5, 5.41) is 55.8. The van der Waals surface area contributed by atoms with Crippen molar-refractivity contribution in [2.75, 3.05) is 26.4 Å². The van der Waals surface area contributed by atoms with Crippen molar-refractivity contribution in [3.05, 3.63) is 99.8 Å². The number of phenolic OH excluding ortho intramolecular Hbond substituents is 4. The highest BCUT2D eigenvalue weighted by Gasteiger charge is 2.46. The van der Waals surface area contributed by atoms with Crippen LogP contribution in [0.4, 0.5) is 0 Å². The molecule has 0 saturated carbocycles. The monoisotopic (exact) mass is 905 g/mol. The van der Waals surface area contributed by atoms with Crippen LogP contribution in [-0.4, -0.2) is 57.7 Å². The first kappa shape index (κ1) is 51.0. The number of ether oxygens (including phenoxy) is 4. The predicted molar refractivity (Wildman–Crippen MR) is 266 cm³/mol. The lowest BCUT2D eigenvalue weighted by Crippen LogP contribution is -2.28. The van der Waals surface area contributed by atoms with Crippen LogP contribution in [0.1, 0.15) is 170 Å². The third kappa shape index (κ3) is 15.0. The Balaban J connectivity index is 1.31.